The highest BCUT2D eigenvalue weighted by molar-refractivity contribution is 6.02. The van der Waals surface area contributed by atoms with Crippen LogP contribution in [-0.4, -0.2) is 25.5 Å². The lowest BCUT2D eigenvalue weighted by atomic mass is 9.69. The Morgan fingerprint density at radius 3 is 2.55 bits per heavy atom. The predicted molar refractivity (Wildman–Crippen MR) is 78.5 cm³/mol. The molecule has 1 aromatic rings. The first-order valence-electron chi connectivity index (χ1n) is 7.47. The van der Waals surface area contributed by atoms with Crippen LogP contribution < -0.4 is 5.32 Å². The average molecular weight is 271 g/mol. The molecule has 1 fully saturated rings. The first-order chi connectivity index (χ1) is 9.83. The molecule has 2 aliphatic rings. The molecule has 1 saturated heterocycles. The molecule has 106 valence electrons. The van der Waals surface area contributed by atoms with E-state index in [0.717, 1.165) is 44.3 Å². The Morgan fingerprint density at radius 2 is 1.90 bits per heavy atom. The van der Waals surface area contributed by atoms with Gasteiger partial charge in [0.15, 0.2) is 5.76 Å². The highest BCUT2D eigenvalue weighted by atomic mass is 16.5. The first kappa shape index (κ1) is 13.4. The summed E-state index contributed by atoms with van der Waals surface area (Å²) in [5.41, 5.74) is 0.719. The van der Waals surface area contributed by atoms with Crippen LogP contribution in [0.25, 0.3) is 0 Å². The predicted octanol–water partition coefficient (Wildman–Crippen LogP) is 2.57. The van der Waals surface area contributed by atoms with Crippen LogP contribution >= 0.6 is 0 Å². The van der Waals surface area contributed by atoms with Gasteiger partial charge in [0.1, 0.15) is 0 Å². The molecule has 2 aliphatic heterocycles. The van der Waals surface area contributed by atoms with Crippen molar-refractivity contribution < 1.29 is 9.53 Å². The number of hydrogen-bond acceptors (Lipinski definition) is 3. The molecule has 0 spiro atoms. The number of Topliss-reactive ketones (excluding diaryl/α,β-unsaturated/α-hetero) is 1. The number of allylic oxidation sites excluding steroid dienone is 2. The maximum atomic E-state index is 13.1. The molecule has 0 bridgehead atoms. The molecule has 0 atom stereocenters. The van der Waals surface area contributed by atoms with Crippen molar-refractivity contribution in [1.29, 1.82) is 0 Å². The fourth-order valence-corrected chi connectivity index (χ4v) is 3.21. The molecule has 3 nitrogen and oxygen atoms in total. The van der Waals surface area contributed by atoms with Crippen molar-refractivity contribution >= 4 is 5.78 Å². The number of carbonyl (C=O) groups is 1. The molecule has 0 saturated carbocycles. The van der Waals surface area contributed by atoms with E-state index in [1.54, 1.807) is 0 Å². The standard InChI is InChI=1S/C17H21NO2/c19-16(15-8-4-5-13-20-15)17(9-11-18-12-10-17)14-6-2-1-3-7-14/h1-3,6-8,18H,4-5,9-13H2. The van der Waals surface area contributed by atoms with E-state index in [2.05, 4.69) is 17.4 Å². The molecule has 0 aliphatic carbocycles. The Kier molecular flexibility index (Phi) is 3.88. The molecule has 20 heavy (non-hydrogen) atoms. The van der Waals surface area contributed by atoms with Crippen LogP contribution in [0.3, 0.4) is 0 Å². The van der Waals surface area contributed by atoms with Crippen LogP contribution in [0.1, 0.15) is 31.2 Å². The van der Waals surface area contributed by atoms with Crippen molar-refractivity contribution in [2.45, 2.75) is 31.1 Å². The van der Waals surface area contributed by atoms with E-state index in [4.69, 9.17) is 4.74 Å². The lowest BCUT2D eigenvalue weighted by Gasteiger charge is -2.37. The summed E-state index contributed by atoms with van der Waals surface area (Å²) in [6, 6.07) is 10.2. The zero-order valence-electron chi connectivity index (χ0n) is 11.7. The number of ketones is 1. The van der Waals surface area contributed by atoms with Gasteiger partial charge in [-0.05, 0) is 50.4 Å². The largest absolute Gasteiger partial charge is 0.490 e. The van der Waals surface area contributed by atoms with Crippen LogP contribution in [0.5, 0.6) is 0 Å². The number of ether oxygens (including phenoxy) is 1. The fourth-order valence-electron chi connectivity index (χ4n) is 3.21. The first-order valence-corrected chi connectivity index (χ1v) is 7.47. The minimum Gasteiger partial charge on any atom is -0.490 e. The highest BCUT2D eigenvalue weighted by Gasteiger charge is 2.43. The van der Waals surface area contributed by atoms with E-state index >= 15 is 0 Å². The highest BCUT2D eigenvalue weighted by Crippen LogP contribution is 2.37. The van der Waals surface area contributed by atoms with Gasteiger partial charge in [0, 0.05) is 0 Å². The molecular formula is C17H21NO2. The molecule has 3 rings (SSSR count). The minimum absolute atomic E-state index is 0.171. The van der Waals surface area contributed by atoms with Gasteiger partial charge in [0.25, 0.3) is 0 Å². The zero-order chi connectivity index (χ0) is 13.8. The number of benzene rings is 1. The topological polar surface area (TPSA) is 38.3 Å². The maximum absolute atomic E-state index is 13.1. The number of carbonyl (C=O) groups excluding carboxylic acids is 1. The average Bonchev–Trinajstić information content (AvgIpc) is 2.56. The van der Waals surface area contributed by atoms with Crippen molar-refractivity contribution in [3.8, 4) is 0 Å². The van der Waals surface area contributed by atoms with Crippen molar-refractivity contribution in [1.82, 2.24) is 5.32 Å². The zero-order valence-corrected chi connectivity index (χ0v) is 11.7. The van der Waals surface area contributed by atoms with E-state index in [-0.39, 0.29) is 5.78 Å². The Bertz CT molecular complexity index is 501. The number of rotatable bonds is 3. The third-order valence-electron chi connectivity index (χ3n) is 4.38. The van der Waals surface area contributed by atoms with Crippen LogP contribution in [0.15, 0.2) is 42.2 Å². The van der Waals surface area contributed by atoms with Gasteiger partial charge < -0.3 is 10.1 Å². The van der Waals surface area contributed by atoms with Crippen molar-refractivity contribution in [3.05, 3.63) is 47.7 Å². The molecule has 1 N–H and O–H groups in total. The normalized spacial score (nSPS) is 21.7. The summed E-state index contributed by atoms with van der Waals surface area (Å²) in [6.07, 6.45) is 5.62. The third kappa shape index (κ3) is 2.38. The Hall–Kier alpha value is -1.61. The van der Waals surface area contributed by atoms with E-state index in [1.165, 1.54) is 0 Å². The second kappa shape index (κ2) is 5.80. The molecule has 3 heteroatoms. The molecular weight excluding hydrogens is 250 g/mol. The summed E-state index contributed by atoms with van der Waals surface area (Å²) < 4.78 is 5.63. The van der Waals surface area contributed by atoms with E-state index in [0.29, 0.717) is 12.4 Å². The minimum atomic E-state index is -0.407. The number of nitrogens with one attached hydrogen (secondary N) is 1. The van der Waals surface area contributed by atoms with Crippen LogP contribution in [0.2, 0.25) is 0 Å². The lowest BCUT2D eigenvalue weighted by Crippen LogP contribution is -2.46. The summed E-state index contributed by atoms with van der Waals surface area (Å²) >= 11 is 0. The van der Waals surface area contributed by atoms with Gasteiger partial charge >= 0.3 is 0 Å². The summed E-state index contributed by atoms with van der Waals surface area (Å²) in [5, 5.41) is 3.35. The Labute approximate surface area is 120 Å². The second-order valence-corrected chi connectivity index (χ2v) is 5.59. The summed E-state index contributed by atoms with van der Waals surface area (Å²) in [7, 11) is 0. The monoisotopic (exact) mass is 271 g/mol. The van der Waals surface area contributed by atoms with Crippen LogP contribution in [-0.2, 0) is 14.9 Å². The number of piperidine rings is 1. The van der Waals surface area contributed by atoms with Gasteiger partial charge in [-0.1, -0.05) is 30.3 Å². The molecule has 1 aromatic carbocycles. The van der Waals surface area contributed by atoms with Gasteiger partial charge in [-0.2, -0.15) is 0 Å². The lowest BCUT2D eigenvalue weighted by molar-refractivity contribution is -0.125. The van der Waals surface area contributed by atoms with Gasteiger partial charge in [0.2, 0.25) is 5.78 Å². The Morgan fingerprint density at radius 1 is 1.15 bits per heavy atom. The quantitative estimate of drug-likeness (QED) is 0.918. The second-order valence-electron chi connectivity index (χ2n) is 5.59. The van der Waals surface area contributed by atoms with E-state index < -0.39 is 5.41 Å². The van der Waals surface area contributed by atoms with Gasteiger partial charge in [-0.3, -0.25) is 4.79 Å². The fraction of sp³-hybridized carbons (Fsp3) is 0.471. The van der Waals surface area contributed by atoms with Crippen LogP contribution in [0, 0.1) is 0 Å². The van der Waals surface area contributed by atoms with Gasteiger partial charge in [0.05, 0.1) is 12.0 Å². The summed E-state index contributed by atoms with van der Waals surface area (Å²) in [4.78, 5) is 13.1. The maximum Gasteiger partial charge on any atom is 0.207 e. The summed E-state index contributed by atoms with van der Waals surface area (Å²) in [6.45, 7) is 2.43. The van der Waals surface area contributed by atoms with Crippen molar-refractivity contribution in [2.24, 2.45) is 0 Å². The number of hydrogen-bond donors (Lipinski definition) is 1. The SMILES string of the molecule is O=C(C1=CCCCO1)C1(c2ccccc2)CCNCC1. The van der Waals surface area contributed by atoms with E-state index in [1.807, 2.05) is 24.3 Å². The van der Waals surface area contributed by atoms with E-state index in [9.17, 15) is 4.79 Å². The summed E-state index contributed by atoms with van der Waals surface area (Å²) in [5.74, 6) is 0.756. The molecule has 0 radical (unpaired) electrons. The van der Waals surface area contributed by atoms with Gasteiger partial charge in [-0.15, -0.1) is 0 Å². The molecule has 0 unspecified atom stereocenters. The smallest absolute Gasteiger partial charge is 0.207 e. The van der Waals surface area contributed by atoms with Crippen LogP contribution in [0.4, 0.5) is 0 Å². The van der Waals surface area contributed by atoms with Crippen molar-refractivity contribution in [2.75, 3.05) is 19.7 Å². The Balaban J connectivity index is 1.97. The van der Waals surface area contributed by atoms with Crippen molar-refractivity contribution in [3.63, 3.8) is 0 Å². The molecule has 2 heterocycles. The molecule has 0 aromatic heterocycles. The van der Waals surface area contributed by atoms with Gasteiger partial charge in [-0.25, -0.2) is 0 Å². The molecule has 0 amide bonds. The third-order valence-corrected chi connectivity index (χ3v) is 4.38.